The van der Waals surface area contributed by atoms with Crippen LogP contribution >= 0.6 is 11.8 Å². The number of aliphatic imine (C=N–C) groups is 1. The molecule has 0 fully saturated rings. The van der Waals surface area contributed by atoms with Crippen LogP contribution in [-0.4, -0.2) is 18.1 Å². The topological polar surface area (TPSA) is 38.7 Å². The smallest absolute Gasteiger partial charge is 0.284 e. The molecule has 3 nitrogen and oxygen atoms in total. The maximum atomic E-state index is 12.1. The highest BCUT2D eigenvalue weighted by molar-refractivity contribution is 8.19. The third-order valence-electron chi connectivity index (χ3n) is 3.33. The van der Waals surface area contributed by atoms with Gasteiger partial charge in [-0.05, 0) is 30.7 Å². The molecule has 0 saturated heterocycles. The lowest BCUT2D eigenvalue weighted by molar-refractivity contribution is -0.113. The van der Waals surface area contributed by atoms with Gasteiger partial charge in [-0.2, -0.15) is 0 Å². The van der Waals surface area contributed by atoms with E-state index in [1.807, 2.05) is 61.5 Å². The summed E-state index contributed by atoms with van der Waals surface area (Å²) in [6.07, 6.45) is 1.86. The van der Waals surface area contributed by atoms with Gasteiger partial charge in [0, 0.05) is 5.56 Å². The number of hydrogen-bond donors (Lipinski definition) is 0. The van der Waals surface area contributed by atoms with E-state index in [1.165, 1.54) is 17.3 Å². The highest BCUT2D eigenvalue weighted by Gasteiger charge is 2.22. The summed E-state index contributed by atoms with van der Waals surface area (Å²) in [4.78, 5) is 16.8. The second-order valence-corrected chi connectivity index (χ2v) is 6.00. The third kappa shape index (κ3) is 3.12. The fraction of sp³-hybridized carbons (Fsp3) is 0.111. The van der Waals surface area contributed by atoms with Crippen LogP contribution in [0.15, 0.2) is 58.4 Å². The predicted octanol–water partition coefficient (Wildman–Crippen LogP) is 4.06. The number of aryl methyl sites for hydroxylation is 1. The molecule has 1 heterocycles. The molecule has 1 aliphatic rings. The Labute approximate surface area is 133 Å². The van der Waals surface area contributed by atoms with E-state index in [9.17, 15) is 4.79 Å². The molecule has 0 atom stereocenters. The summed E-state index contributed by atoms with van der Waals surface area (Å²) in [6.45, 7) is 2.04. The number of carbonyl (C=O) groups is 1. The van der Waals surface area contributed by atoms with Crippen LogP contribution in [0.25, 0.3) is 6.08 Å². The highest BCUT2D eigenvalue weighted by Crippen LogP contribution is 2.32. The van der Waals surface area contributed by atoms with Crippen LogP contribution in [0.2, 0.25) is 0 Å². The molecule has 22 heavy (non-hydrogen) atoms. The van der Waals surface area contributed by atoms with Crippen LogP contribution in [-0.2, 0) is 4.79 Å². The largest absolute Gasteiger partial charge is 0.497 e. The van der Waals surface area contributed by atoms with Crippen molar-refractivity contribution in [2.75, 3.05) is 7.11 Å². The minimum atomic E-state index is -0.184. The first-order valence-electron chi connectivity index (χ1n) is 6.89. The molecule has 0 radical (unpaired) electrons. The lowest BCUT2D eigenvalue weighted by Crippen LogP contribution is -1.90. The zero-order valence-corrected chi connectivity index (χ0v) is 13.2. The predicted molar refractivity (Wildman–Crippen MR) is 91.3 cm³/mol. The molecule has 110 valence electrons. The second-order valence-electron chi connectivity index (χ2n) is 4.97. The zero-order chi connectivity index (χ0) is 15.5. The first kappa shape index (κ1) is 14.6. The SMILES string of the molecule is COc1ccc(C=C2SC(c3ccc(C)cc3)=NC2=O)cc1. The quantitative estimate of drug-likeness (QED) is 0.802. The van der Waals surface area contributed by atoms with Crippen LogP contribution in [0.3, 0.4) is 0 Å². The van der Waals surface area contributed by atoms with Gasteiger partial charge in [0.15, 0.2) is 0 Å². The summed E-state index contributed by atoms with van der Waals surface area (Å²) in [6, 6.07) is 15.6. The summed E-state index contributed by atoms with van der Waals surface area (Å²) in [5.41, 5.74) is 3.12. The summed E-state index contributed by atoms with van der Waals surface area (Å²) >= 11 is 1.41. The van der Waals surface area contributed by atoms with Crippen LogP contribution in [0.4, 0.5) is 0 Å². The van der Waals surface area contributed by atoms with E-state index in [0.29, 0.717) is 4.91 Å². The van der Waals surface area contributed by atoms with Gasteiger partial charge >= 0.3 is 0 Å². The van der Waals surface area contributed by atoms with Gasteiger partial charge in [-0.3, -0.25) is 4.79 Å². The lowest BCUT2D eigenvalue weighted by Gasteiger charge is -2.01. The van der Waals surface area contributed by atoms with E-state index in [-0.39, 0.29) is 5.91 Å². The molecule has 4 heteroatoms. The number of nitrogens with zero attached hydrogens (tertiary/aromatic N) is 1. The molecule has 1 aliphatic heterocycles. The van der Waals surface area contributed by atoms with Crippen LogP contribution in [0.1, 0.15) is 16.7 Å². The molecule has 3 rings (SSSR count). The zero-order valence-electron chi connectivity index (χ0n) is 12.4. The molecule has 0 saturated carbocycles. The van der Waals surface area contributed by atoms with Gasteiger partial charge in [0.1, 0.15) is 10.8 Å². The van der Waals surface area contributed by atoms with Gasteiger partial charge in [0.05, 0.1) is 12.0 Å². The molecule has 0 aromatic heterocycles. The van der Waals surface area contributed by atoms with Crippen molar-refractivity contribution in [3.05, 3.63) is 70.1 Å². The second kappa shape index (κ2) is 6.20. The minimum absolute atomic E-state index is 0.184. The van der Waals surface area contributed by atoms with Gasteiger partial charge < -0.3 is 4.74 Å². The van der Waals surface area contributed by atoms with Crippen LogP contribution in [0.5, 0.6) is 5.75 Å². The van der Waals surface area contributed by atoms with E-state index < -0.39 is 0 Å². The number of amides is 1. The van der Waals surface area contributed by atoms with Crippen molar-refractivity contribution in [1.29, 1.82) is 0 Å². The standard InChI is InChI=1S/C18H15NO2S/c1-12-3-7-14(8-4-12)18-19-17(20)16(22-18)11-13-5-9-15(21-2)10-6-13/h3-11H,1-2H3. The summed E-state index contributed by atoms with van der Waals surface area (Å²) in [7, 11) is 1.63. The summed E-state index contributed by atoms with van der Waals surface area (Å²) in [5.74, 6) is 0.612. The Bertz CT molecular complexity index is 759. The van der Waals surface area contributed by atoms with Gasteiger partial charge in [-0.15, -0.1) is 0 Å². The van der Waals surface area contributed by atoms with Crippen molar-refractivity contribution in [1.82, 2.24) is 0 Å². The Kier molecular flexibility index (Phi) is 4.11. The van der Waals surface area contributed by atoms with Crippen molar-refractivity contribution in [3.63, 3.8) is 0 Å². The molecule has 1 amide bonds. The lowest BCUT2D eigenvalue weighted by atomic mass is 10.2. The fourth-order valence-corrected chi connectivity index (χ4v) is 3.00. The molecule has 0 unspecified atom stereocenters. The minimum Gasteiger partial charge on any atom is -0.497 e. The highest BCUT2D eigenvalue weighted by atomic mass is 32.2. The normalized spacial score (nSPS) is 16.0. The fourth-order valence-electron chi connectivity index (χ4n) is 2.08. The van der Waals surface area contributed by atoms with Crippen LogP contribution < -0.4 is 4.74 Å². The van der Waals surface area contributed by atoms with Crippen molar-refractivity contribution in [2.24, 2.45) is 4.99 Å². The molecule has 2 aromatic rings. The molecular formula is C18H15NO2S. The average Bonchev–Trinajstić information content (AvgIpc) is 2.90. The summed E-state index contributed by atoms with van der Waals surface area (Å²) in [5, 5.41) is 0.754. The Morgan fingerprint density at radius 2 is 1.73 bits per heavy atom. The van der Waals surface area contributed by atoms with Gasteiger partial charge in [-0.25, -0.2) is 4.99 Å². The third-order valence-corrected chi connectivity index (χ3v) is 4.37. The first-order chi connectivity index (χ1) is 10.7. The van der Waals surface area contributed by atoms with Crippen molar-refractivity contribution >= 4 is 28.8 Å². The molecule has 2 aromatic carbocycles. The van der Waals surface area contributed by atoms with Crippen molar-refractivity contribution in [3.8, 4) is 5.75 Å². The molecule has 0 spiro atoms. The van der Waals surface area contributed by atoms with Crippen molar-refractivity contribution < 1.29 is 9.53 Å². The number of benzene rings is 2. The Balaban J connectivity index is 1.81. The van der Waals surface area contributed by atoms with E-state index >= 15 is 0 Å². The molecule has 0 bridgehead atoms. The summed E-state index contributed by atoms with van der Waals surface area (Å²) < 4.78 is 5.13. The van der Waals surface area contributed by atoms with Gasteiger partial charge in [0.2, 0.25) is 0 Å². The number of carbonyl (C=O) groups excluding carboxylic acids is 1. The first-order valence-corrected chi connectivity index (χ1v) is 7.71. The molecule has 0 aliphatic carbocycles. The number of thioether (sulfide) groups is 1. The number of methoxy groups -OCH3 is 1. The Morgan fingerprint density at radius 1 is 1.05 bits per heavy atom. The Hall–Kier alpha value is -2.33. The van der Waals surface area contributed by atoms with Crippen LogP contribution in [0, 0.1) is 6.92 Å². The van der Waals surface area contributed by atoms with E-state index in [0.717, 1.165) is 21.9 Å². The number of ether oxygens (including phenoxy) is 1. The van der Waals surface area contributed by atoms with E-state index in [4.69, 9.17) is 4.74 Å². The molecule has 0 N–H and O–H groups in total. The maximum Gasteiger partial charge on any atom is 0.284 e. The average molecular weight is 309 g/mol. The Morgan fingerprint density at radius 3 is 2.36 bits per heavy atom. The monoisotopic (exact) mass is 309 g/mol. The van der Waals surface area contributed by atoms with Gasteiger partial charge in [0.25, 0.3) is 5.91 Å². The number of rotatable bonds is 3. The van der Waals surface area contributed by atoms with E-state index in [2.05, 4.69) is 4.99 Å². The van der Waals surface area contributed by atoms with Gasteiger partial charge in [-0.1, -0.05) is 53.7 Å². The maximum absolute atomic E-state index is 12.1. The number of hydrogen-bond acceptors (Lipinski definition) is 3. The van der Waals surface area contributed by atoms with E-state index in [1.54, 1.807) is 7.11 Å². The molecular weight excluding hydrogens is 294 g/mol. The van der Waals surface area contributed by atoms with Crippen molar-refractivity contribution in [2.45, 2.75) is 6.92 Å².